The zero-order valence-electron chi connectivity index (χ0n) is 11.7. The van der Waals surface area contributed by atoms with Crippen molar-refractivity contribution in [2.45, 2.75) is 0 Å². The van der Waals surface area contributed by atoms with E-state index in [0.29, 0.717) is 24.4 Å². The number of nitrogens with one attached hydrogen (secondary N) is 2. The SMILES string of the molecule is COc1ccc(C(=O)NC(=O)CN2CCNC(=O)C2)cc1. The third kappa shape index (κ3) is 4.28. The molecule has 2 rings (SSSR count). The molecule has 1 heterocycles. The van der Waals surface area contributed by atoms with Gasteiger partial charge in [-0.25, -0.2) is 0 Å². The number of methoxy groups -OCH3 is 1. The quantitative estimate of drug-likeness (QED) is 0.772. The van der Waals surface area contributed by atoms with E-state index < -0.39 is 11.8 Å². The molecule has 1 saturated heterocycles. The van der Waals surface area contributed by atoms with Gasteiger partial charge in [-0.15, -0.1) is 0 Å². The molecular weight excluding hydrogens is 274 g/mol. The van der Waals surface area contributed by atoms with Gasteiger partial charge in [0.2, 0.25) is 11.8 Å². The van der Waals surface area contributed by atoms with Crippen LogP contribution in [0.5, 0.6) is 5.75 Å². The average molecular weight is 291 g/mol. The van der Waals surface area contributed by atoms with Crippen molar-refractivity contribution in [2.75, 3.05) is 33.3 Å². The fourth-order valence-corrected chi connectivity index (χ4v) is 2.01. The van der Waals surface area contributed by atoms with Crippen molar-refractivity contribution in [1.82, 2.24) is 15.5 Å². The van der Waals surface area contributed by atoms with Gasteiger partial charge in [0.1, 0.15) is 5.75 Å². The zero-order valence-corrected chi connectivity index (χ0v) is 11.7. The summed E-state index contributed by atoms with van der Waals surface area (Å²) in [4.78, 5) is 36.6. The molecule has 2 N–H and O–H groups in total. The molecule has 0 aromatic heterocycles. The molecular formula is C14H17N3O4. The maximum absolute atomic E-state index is 11.9. The van der Waals surface area contributed by atoms with Gasteiger partial charge in [-0.05, 0) is 24.3 Å². The number of rotatable bonds is 4. The lowest BCUT2D eigenvalue weighted by molar-refractivity contribution is -0.126. The lowest BCUT2D eigenvalue weighted by Crippen LogP contribution is -2.51. The van der Waals surface area contributed by atoms with Gasteiger partial charge in [0.15, 0.2) is 0 Å². The van der Waals surface area contributed by atoms with Crippen LogP contribution in [-0.4, -0.2) is 55.9 Å². The molecule has 21 heavy (non-hydrogen) atoms. The third-order valence-corrected chi connectivity index (χ3v) is 3.09. The summed E-state index contributed by atoms with van der Waals surface area (Å²) in [5, 5.41) is 4.98. The smallest absolute Gasteiger partial charge is 0.257 e. The van der Waals surface area contributed by atoms with E-state index >= 15 is 0 Å². The Hall–Kier alpha value is -2.41. The first-order valence-electron chi connectivity index (χ1n) is 6.56. The van der Waals surface area contributed by atoms with Crippen molar-refractivity contribution in [3.8, 4) is 5.75 Å². The van der Waals surface area contributed by atoms with Gasteiger partial charge in [-0.1, -0.05) is 0 Å². The van der Waals surface area contributed by atoms with Crippen LogP contribution >= 0.6 is 0 Å². The summed E-state index contributed by atoms with van der Waals surface area (Å²) in [6.45, 7) is 1.30. The predicted molar refractivity (Wildman–Crippen MR) is 74.9 cm³/mol. The van der Waals surface area contributed by atoms with E-state index in [4.69, 9.17) is 4.74 Å². The van der Waals surface area contributed by atoms with Crippen LogP contribution in [0.4, 0.5) is 0 Å². The topological polar surface area (TPSA) is 87.7 Å². The Morgan fingerprint density at radius 3 is 2.67 bits per heavy atom. The van der Waals surface area contributed by atoms with Gasteiger partial charge in [0.05, 0.1) is 20.2 Å². The Labute approximate surface area is 122 Å². The van der Waals surface area contributed by atoms with Crippen LogP contribution in [0.3, 0.4) is 0 Å². The minimum atomic E-state index is -0.468. The molecule has 7 nitrogen and oxygen atoms in total. The van der Waals surface area contributed by atoms with E-state index in [1.165, 1.54) is 7.11 Å². The lowest BCUT2D eigenvalue weighted by Gasteiger charge is -2.25. The molecule has 0 radical (unpaired) electrons. The number of amides is 3. The van der Waals surface area contributed by atoms with Crippen LogP contribution in [0.15, 0.2) is 24.3 Å². The molecule has 0 bridgehead atoms. The normalized spacial score (nSPS) is 15.2. The summed E-state index contributed by atoms with van der Waals surface area (Å²) >= 11 is 0. The number of imide groups is 1. The number of benzene rings is 1. The van der Waals surface area contributed by atoms with Crippen molar-refractivity contribution < 1.29 is 19.1 Å². The summed E-state index contributed by atoms with van der Waals surface area (Å²) in [5.41, 5.74) is 0.375. The first kappa shape index (κ1) is 15.0. The molecule has 1 aromatic carbocycles. The van der Waals surface area contributed by atoms with Crippen LogP contribution in [0.1, 0.15) is 10.4 Å². The van der Waals surface area contributed by atoms with E-state index in [-0.39, 0.29) is 19.0 Å². The molecule has 1 aliphatic heterocycles. The molecule has 7 heteroatoms. The Bertz CT molecular complexity index is 542. The fourth-order valence-electron chi connectivity index (χ4n) is 2.01. The summed E-state index contributed by atoms with van der Waals surface area (Å²) in [6.07, 6.45) is 0. The van der Waals surface area contributed by atoms with Crippen LogP contribution in [0.2, 0.25) is 0 Å². The van der Waals surface area contributed by atoms with Crippen LogP contribution < -0.4 is 15.4 Å². The van der Waals surface area contributed by atoms with E-state index in [1.54, 1.807) is 29.2 Å². The number of carbonyl (C=O) groups excluding carboxylic acids is 3. The Kier molecular flexibility index (Phi) is 4.89. The molecule has 0 spiro atoms. The lowest BCUT2D eigenvalue weighted by atomic mass is 10.2. The van der Waals surface area contributed by atoms with Crippen LogP contribution in [0.25, 0.3) is 0 Å². The van der Waals surface area contributed by atoms with Crippen molar-refractivity contribution >= 4 is 17.7 Å². The Morgan fingerprint density at radius 1 is 1.33 bits per heavy atom. The highest BCUT2D eigenvalue weighted by Gasteiger charge is 2.19. The maximum Gasteiger partial charge on any atom is 0.257 e. The molecule has 1 fully saturated rings. The molecule has 3 amide bonds. The van der Waals surface area contributed by atoms with Crippen molar-refractivity contribution in [3.63, 3.8) is 0 Å². The highest BCUT2D eigenvalue weighted by atomic mass is 16.5. The highest BCUT2D eigenvalue weighted by molar-refractivity contribution is 6.05. The number of hydrogen-bond donors (Lipinski definition) is 2. The molecule has 0 atom stereocenters. The summed E-state index contributed by atoms with van der Waals surface area (Å²) in [7, 11) is 1.54. The Balaban J connectivity index is 1.86. The van der Waals surface area contributed by atoms with E-state index in [9.17, 15) is 14.4 Å². The second kappa shape index (κ2) is 6.85. The van der Waals surface area contributed by atoms with Gasteiger partial charge in [0.25, 0.3) is 5.91 Å². The van der Waals surface area contributed by atoms with Crippen LogP contribution in [-0.2, 0) is 9.59 Å². The number of carbonyl (C=O) groups is 3. The molecule has 1 aromatic rings. The molecule has 0 aliphatic carbocycles. The van der Waals surface area contributed by atoms with Crippen molar-refractivity contribution in [3.05, 3.63) is 29.8 Å². The van der Waals surface area contributed by atoms with Gasteiger partial charge >= 0.3 is 0 Å². The number of nitrogens with zero attached hydrogens (tertiary/aromatic N) is 1. The average Bonchev–Trinajstić information content (AvgIpc) is 2.47. The number of ether oxygens (including phenoxy) is 1. The van der Waals surface area contributed by atoms with Crippen molar-refractivity contribution in [2.24, 2.45) is 0 Å². The maximum atomic E-state index is 11.9. The van der Waals surface area contributed by atoms with Gasteiger partial charge in [-0.3, -0.25) is 24.6 Å². The third-order valence-electron chi connectivity index (χ3n) is 3.09. The van der Waals surface area contributed by atoms with Gasteiger partial charge < -0.3 is 10.1 Å². The highest BCUT2D eigenvalue weighted by Crippen LogP contribution is 2.11. The minimum absolute atomic E-state index is 0.0231. The van der Waals surface area contributed by atoms with E-state index in [1.807, 2.05) is 0 Å². The fraction of sp³-hybridized carbons (Fsp3) is 0.357. The Morgan fingerprint density at radius 2 is 2.05 bits per heavy atom. The van der Waals surface area contributed by atoms with Gasteiger partial charge in [-0.2, -0.15) is 0 Å². The predicted octanol–water partition coefficient (Wildman–Crippen LogP) is -0.617. The van der Waals surface area contributed by atoms with E-state index in [2.05, 4.69) is 10.6 Å². The van der Waals surface area contributed by atoms with Crippen LogP contribution in [0, 0.1) is 0 Å². The summed E-state index contributed by atoms with van der Waals surface area (Å²) in [5.74, 6) is -0.373. The molecule has 112 valence electrons. The summed E-state index contributed by atoms with van der Waals surface area (Å²) in [6, 6.07) is 6.45. The van der Waals surface area contributed by atoms with Gasteiger partial charge in [0, 0.05) is 18.7 Å². The standard InChI is InChI=1S/C14H17N3O4/c1-21-11-4-2-10(3-5-11)14(20)16-13(19)9-17-7-6-15-12(18)8-17/h2-5H,6-9H2,1H3,(H,15,18)(H,16,19,20). The van der Waals surface area contributed by atoms with E-state index in [0.717, 1.165) is 0 Å². The second-order valence-corrected chi connectivity index (χ2v) is 4.67. The second-order valence-electron chi connectivity index (χ2n) is 4.67. The minimum Gasteiger partial charge on any atom is -0.497 e. The number of hydrogen-bond acceptors (Lipinski definition) is 5. The first-order chi connectivity index (χ1) is 10.1. The zero-order chi connectivity index (χ0) is 15.2. The van der Waals surface area contributed by atoms with Crippen molar-refractivity contribution in [1.29, 1.82) is 0 Å². The monoisotopic (exact) mass is 291 g/mol. The molecule has 0 unspecified atom stereocenters. The number of piperazine rings is 1. The molecule has 0 saturated carbocycles. The largest absolute Gasteiger partial charge is 0.497 e. The first-order valence-corrected chi connectivity index (χ1v) is 6.56. The molecule has 1 aliphatic rings. The summed E-state index contributed by atoms with van der Waals surface area (Å²) < 4.78 is 5.00.